The summed E-state index contributed by atoms with van der Waals surface area (Å²) in [7, 11) is 0. The van der Waals surface area contributed by atoms with E-state index in [1.807, 2.05) is 59.3 Å². The number of nitrogens with one attached hydrogen (secondary N) is 2. The van der Waals surface area contributed by atoms with Gasteiger partial charge in [0.1, 0.15) is 10.7 Å². The maximum Gasteiger partial charge on any atom is 0.262 e. The summed E-state index contributed by atoms with van der Waals surface area (Å²) >= 11 is 2.99. The topological polar surface area (TPSA) is 75.1 Å². The van der Waals surface area contributed by atoms with E-state index in [1.165, 1.54) is 11.3 Å². The SMILES string of the molecule is CC(NC(=O)c1cc2c(nc3sccn32)s1)c1ncc(-c2ccccc2)[nH]1. The number of hydrogen-bond acceptors (Lipinski definition) is 5. The third-order valence-electron chi connectivity index (χ3n) is 4.40. The number of thiazole rings is 1. The molecular weight excluding hydrogens is 378 g/mol. The third kappa shape index (κ3) is 2.83. The molecule has 0 aliphatic heterocycles. The molecule has 1 amide bonds. The highest BCUT2D eigenvalue weighted by atomic mass is 32.1. The summed E-state index contributed by atoms with van der Waals surface area (Å²) in [5.41, 5.74) is 2.97. The van der Waals surface area contributed by atoms with Gasteiger partial charge in [0.15, 0.2) is 4.96 Å². The Morgan fingerprint density at radius 3 is 3.00 bits per heavy atom. The quantitative estimate of drug-likeness (QED) is 0.472. The largest absolute Gasteiger partial charge is 0.342 e. The summed E-state index contributed by atoms with van der Waals surface area (Å²) in [6, 6.07) is 11.7. The van der Waals surface area contributed by atoms with Crippen molar-refractivity contribution in [2.45, 2.75) is 13.0 Å². The smallest absolute Gasteiger partial charge is 0.262 e. The molecule has 5 rings (SSSR count). The van der Waals surface area contributed by atoms with Gasteiger partial charge in [-0.3, -0.25) is 9.20 Å². The second-order valence-electron chi connectivity index (χ2n) is 6.21. The number of fused-ring (bicyclic) bond motifs is 3. The molecule has 0 spiro atoms. The van der Waals surface area contributed by atoms with Crippen LogP contribution in [0.1, 0.15) is 28.5 Å². The normalized spacial score (nSPS) is 12.6. The van der Waals surface area contributed by atoms with Gasteiger partial charge in [0.2, 0.25) is 0 Å². The molecule has 5 aromatic rings. The van der Waals surface area contributed by atoms with Gasteiger partial charge in [-0.15, -0.1) is 22.7 Å². The number of nitrogens with zero attached hydrogens (tertiary/aromatic N) is 3. The lowest BCUT2D eigenvalue weighted by Gasteiger charge is -2.10. The Morgan fingerprint density at radius 1 is 1.30 bits per heavy atom. The molecule has 0 aliphatic rings. The van der Waals surface area contributed by atoms with E-state index in [2.05, 4.69) is 20.3 Å². The number of H-pyrrole nitrogens is 1. The van der Waals surface area contributed by atoms with E-state index >= 15 is 0 Å². The molecule has 6 nitrogen and oxygen atoms in total. The van der Waals surface area contributed by atoms with Crippen molar-refractivity contribution in [1.82, 2.24) is 24.7 Å². The van der Waals surface area contributed by atoms with E-state index in [-0.39, 0.29) is 11.9 Å². The van der Waals surface area contributed by atoms with Crippen molar-refractivity contribution in [2.75, 3.05) is 0 Å². The second-order valence-corrected chi connectivity index (χ2v) is 8.12. The number of carbonyl (C=O) groups is 1. The lowest BCUT2D eigenvalue weighted by Crippen LogP contribution is -2.26. The Balaban J connectivity index is 1.36. The number of hydrogen-bond donors (Lipinski definition) is 2. The van der Waals surface area contributed by atoms with Crippen molar-refractivity contribution in [3.05, 3.63) is 64.9 Å². The van der Waals surface area contributed by atoms with Crippen molar-refractivity contribution >= 4 is 43.9 Å². The average molecular weight is 393 g/mol. The molecule has 0 saturated heterocycles. The maximum absolute atomic E-state index is 12.7. The minimum atomic E-state index is -0.229. The first-order chi connectivity index (χ1) is 13.2. The lowest BCUT2D eigenvalue weighted by molar-refractivity contribution is 0.0942. The number of rotatable bonds is 4. The van der Waals surface area contributed by atoms with Gasteiger partial charge < -0.3 is 10.3 Å². The van der Waals surface area contributed by atoms with Gasteiger partial charge >= 0.3 is 0 Å². The van der Waals surface area contributed by atoms with Gasteiger partial charge in [0, 0.05) is 11.6 Å². The van der Waals surface area contributed by atoms with Crippen molar-refractivity contribution in [3.8, 4) is 11.3 Å². The molecule has 1 atom stereocenters. The van der Waals surface area contributed by atoms with E-state index in [4.69, 9.17) is 0 Å². The number of benzene rings is 1. The van der Waals surface area contributed by atoms with Gasteiger partial charge in [-0.25, -0.2) is 9.97 Å². The summed E-state index contributed by atoms with van der Waals surface area (Å²) in [6.07, 6.45) is 3.76. The van der Waals surface area contributed by atoms with Crippen LogP contribution in [0.25, 0.3) is 26.6 Å². The van der Waals surface area contributed by atoms with E-state index < -0.39 is 0 Å². The van der Waals surface area contributed by atoms with Crippen molar-refractivity contribution < 1.29 is 4.79 Å². The fourth-order valence-corrected chi connectivity index (χ4v) is 4.72. The predicted molar refractivity (Wildman–Crippen MR) is 108 cm³/mol. The number of carbonyl (C=O) groups excluding carboxylic acids is 1. The lowest BCUT2D eigenvalue weighted by atomic mass is 10.2. The number of amides is 1. The van der Waals surface area contributed by atoms with Gasteiger partial charge in [0.25, 0.3) is 5.91 Å². The first-order valence-corrected chi connectivity index (χ1v) is 10.1. The fourth-order valence-electron chi connectivity index (χ4n) is 3.02. The van der Waals surface area contributed by atoms with Crippen LogP contribution < -0.4 is 5.32 Å². The molecule has 4 aromatic heterocycles. The van der Waals surface area contributed by atoms with Crippen molar-refractivity contribution in [1.29, 1.82) is 0 Å². The van der Waals surface area contributed by atoms with E-state index in [9.17, 15) is 4.79 Å². The van der Waals surface area contributed by atoms with Crippen LogP contribution in [0.15, 0.2) is 54.2 Å². The zero-order valence-corrected chi connectivity index (χ0v) is 16.0. The number of aromatic amines is 1. The third-order valence-corrected chi connectivity index (χ3v) is 6.18. The standard InChI is InChI=1S/C19H15N5OS2/c1-11(16-20-10-13(22-16)12-5-3-2-4-6-12)21-17(25)15-9-14-18(27-15)23-19-24(14)7-8-26-19/h2-11H,1H3,(H,20,22)(H,21,25). The molecule has 134 valence electrons. The minimum Gasteiger partial charge on any atom is -0.342 e. The molecule has 0 saturated carbocycles. The summed E-state index contributed by atoms with van der Waals surface area (Å²) in [5, 5.41) is 5.00. The molecule has 0 fully saturated rings. The molecule has 1 unspecified atom stereocenters. The van der Waals surface area contributed by atoms with Crippen LogP contribution in [0.2, 0.25) is 0 Å². The van der Waals surface area contributed by atoms with Gasteiger partial charge in [-0.2, -0.15) is 0 Å². The van der Waals surface area contributed by atoms with Gasteiger partial charge in [-0.05, 0) is 18.6 Å². The Hall–Kier alpha value is -2.97. The molecule has 0 radical (unpaired) electrons. The highest BCUT2D eigenvalue weighted by Gasteiger charge is 2.18. The minimum absolute atomic E-state index is 0.118. The maximum atomic E-state index is 12.7. The zero-order chi connectivity index (χ0) is 18.4. The first kappa shape index (κ1) is 16.2. The molecular formula is C19H15N5OS2. The van der Waals surface area contributed by atoms with Crippen LogP contribution in [0.4, 0.5) is 0 Å². The van der Waals surface area contributed by atoms with E-state index in [1.54, 1.807) is 17.5 Å². The summed E-state index contributed by atoms with van der Waals surface area (Å²) < 4.78 is 2.01. The Kier molecular flexibility index (Phi) is 3.80. The van der Waals surface area contributed by atoms with Crippen LogP contribution >= 0.6 is 22.7 Å². The van der Waals surface area contributed by atoms with Crippen molar-refractivity contribution in [3.63, 3.8) is 0 Å². The Labute approximate surface area is 162 Å². The molecule has 8 heteroatoms. The molecule has 1 aromatic carbocycles. The monoisotopic (exact) mass is 393 g/mol. The fraction of sp³-hybridized carbons (Fsp3) is 0.105. The second kappa shape index (κ2) is 6.33. The summed E-state index contributed by atoms with van der Waals surface area (Å²) in [4.78, 5) is 27.4. The number of thiophene rings is 1. The molecule has 2 N–H and O–H groups in total. The van der Waals surface area contributed by atoms with Crippen LogP contribution in [0, 0.1) is 0 Å². The van der Waals surface area contributed by atoms with Gasteiger partial charge in [0.05, 0.1) is 28.3 Å². The van der Waals surface area contributed by atoms with Crippen LogP contribution in [-0.4, -0.2) is 25.3 Å². The molecule has 27 heavy (non-hydrogen) atoms. The van der Waals surface area contributed by atoms with Crippen molar-refractivity contribution in [2.24, 2.45) is 0 Å². The van der Waals surface area contributed by atoms with Crippen LogP contribution in [-0.2, 0) is 0 Å². The average Bonchev–Trinajstić information content (AvgIpc) is 3.43. The highest BCUT2D eigenvalue weighted by molar-refractivity contribution is 7.21. The molecule has 4 heterocycles. The summed E-state index contributed by atoms with van der Waals surface area (Å²) in [6.45, 7) is 1.92. The summed E-state index contributed by atoms with van der Waals surface area (Å²) in [5.74, 6) is 0.609. The first-order valence-electron chi connectivity index (χ1n) is 8.45. The Morgan fingerprint density at radius 2 is 2.15 bits per heavy atom. The molecule has 0 aliphatic carbocycles. The molecule has 0 bridgehead atoms. The predicted octanol–water partition coefficient (Wildman–Crippen LogP) is 4.49. The van der Waals surface area contributed by atoms with Crippen LogP contribution in [0.3, 0.4) is 0 Å². The van der Waals surface area contributed by atoms with E-state index in [0.29, 0.717) is 4.88 Å². The number of imidazole rings is 2. The van der Waals surface area contributed by atoms with Crippen LogP contribution in [0.5, 0.6) is 0 Å². The van der Waals surface area contributed by atoms with Gasteiger partial charge in [-0.1, -0.05) is 30.3 Å². The number of aromatic nitrogens is 4. The Bertz CT molecular complexity index is 1250. The zero-order valence-electron chi connectivity index (χ0n) is 14.3. The highest BCUT2D eigenvalue weighted by Crippen LogP contribution is 2.28. The van der Waals surface area contributed by atoms with E-state index in [0.717, 1.165) is 32.4 Å².